The predicted molar refractivity (Wildman–Crippen MR) is 253 cm³/mol. The summed E-state index contributed by atoms with van der Waals surface area (Å²) in [6.07, 6.45) is 20.4. The fraction of sp³-hybridized carbons (Fsp3) is 0.745. The first kappa shape index (κ1) is 62.6. The van der Waals surface area contributed by atoms with E-state index in [2.05, 4.69) is 67.0 Å². The highest BCUT2D eigenvalue weighted by atomic mass is 31.2. The second-order valence-electron chi connectivity index (χ2n) is 16.8. The van der Waals surface area contributed by atoms with Crippen molar-refractivity contribution < 1.29 is 87.1 Å². The first-order valence-electron chi connectivity index (χ1n) is 24.0. The van der Waals surface area contributed by atoms with E-state index in [0.29, 0.717) is 38.5 Å². The molecule has 0 aromatic rings. The minimum atomic E-state index is -5.39. The van der Waals surface area contributed by atoms with Crippen LogP contribution in [0.4, 0.5) is 0 Å². The van der Waals surface area contributed by atoms with E-state index in [1.807, 2.05) is 12.2 Å². The molecule has 0 aromatic heterocycles. The maximum atomic E-state index is 13.0. The number of carbonyl (C=O) groups is 2. The Kier molecular flexibility index (Phi) is 35.0. The van der Waals surface area contributed by atoms with Crippen LogP contribution in [0, 0.1) is 0 Å². The molecule has 1 aliphatic rings. The van der Waals surface area contributed by atoms with Gasteiger partial charge >= 0.3 is 27.6 Å². The molecule has 0 aromatic carbocycles. The molecular weight excluding hydrogens is 914 g/mol. The van der Waals surface area contributed by atoms with Crippen LogP contribution in [0.3, 0.4) is 0 Å². The van der Waals surface area contributed by atoms with Gasteiger partial charge in [-0.1, -0.05) is 126 Å². The SMILES string of the molecule is CC/C=C\C/C=C\C/C=C\C/C=C\CCCCCCC(=O)O[C@H](COC(=O)CCCCCCC[C@@H](O)[C@H](O)C/C=C\CCCCC)COP(=O)(O)O[C@H]1C(O)C(O)C(O)[C@@H](OP(=O)(O)O)C1O. The van der Waals surface area contributed by atoms with Gasteiger partial charge in [-0.3, -0.25) is 23.2 Å². The third-order valence-electron chi connectivity index (χ3n) is 10.8. The molecule has 9 N–H and O–H groups in total. The quantitative estimate of drug-likeness (QED) is 0.0130. The smallest absolute Gasteiger partial charge is 0.462 e. The molecule has 20 heteroatoms. The van der Waals surface area contributed by atoms with Crippen molar-refractivity contribution >= 4 is 27.6 Å². The van der Waals surface area contributed by atoms with Gasteiger partial charge in [-0.05, 0) is 77.0 Å². The van der Waals surface area contributed by atoms with Gasteiger partial charge in [-0.15, -0.1) is 0 Å². The van der Waals surface area contributed by atoms with Gasteiger partial charge in [0.25, 0.3) is 0 Å². The van der Waals surface area contributed by atoms with Gasteiger partial charge in [-0.25, -0.2) is 9.13 Å². The lowest BCUT2D eigenvalue weighted by atomic mass is 9.85. The van der Waals surface area contributed by atoms with Crippen LogP contribution in [-0.4, -0.2) is 125 Å². The van der Waals surface area contributed by atoms with Crippen LogP contribution < -0.4 is 0 Å². The van der Waals surface area contributed by atoms with Crippen LogP contribution in [0.2, 0.25) is 0 Å². The third-order valence-corrected chi connectivity index (χ3v) is 12.3. The molecule has 388 valence electrons. The van der Waals surface area contributed by atoms with Gasteiger partial charge in [-0.2, -0.15) is 0 Å². The summed E-state index contributed by atoms with van der Waals surface area (Å²) >= 11 is 0. The van der Waals surface area contributed by atoms with Gasteiger partial charge in [0.15, 0.2) is 6.10 Å². The summed E-state index contributed by atoms with van der Waals surface area (Å²) < 4.78 is 49.3. The number of aliphatic hydroxyl groups excluding tert-OH is 6. The van der Waals surface area contributed by atoms with E-state index >= 15 is 0 Å². The minimum absolute atomic E-state index is 0.0133. The van der Waals surface area contributed by atoms with Gasteiger partial charge < -0.3 is 54.8 Å². The average Bonchev–Trinajstić information content (AvgIpc) is 3.28. The van der Waals surface area contributed by atoms with Crippen LogP contribution in [0.1, 0.15) is 155 Å². The zero-order chi connectivity index (χ0) is 49.9. The Bertz CT molecular complexity index is 1560. The van der Waals surface area contributed by atoms with Crippen LogP contribution in [0.25, 0.3) is 0 Å². The summed E-state index contributed by atoms with van der Waals surface area (Å²) in [5, 5.41) is 61.7. The summed E-state index contributed by atoms with van der Waals surface area (Å²) in [5.41, 5.74) is 0. The Morgan fingerprint density at radius 2 is 1.06 bits per heavy atom. The van der Waals surface area contributed by atoms with Crippen molar-refractivity contribution in [2.45, 2.75) is 210 Å². The molecule has 1 fully saturated rings. The molecule has 1 rings (SSSR count). The second-order valence-corrected chi connectivity index (χ2v) is 19.3. The highest BCUT2D eigenvalue weighted by molar-refractivity contribution is 7.47. The van der Waals surface area contributed by atoms with Crippen LogP contribution in [-0.2, 0) is 41.8 Å². The highest BCUT2D eigenvalue weighted by Gasteiger charge is 2.54. The summed E-state index contributed by atoms with van der Waals surface area (Å²) in [6, 6.07) is 0. The average molecular weight is 997 g/mol. The fourth-order valence-electron chi connectivity index (χ4n) is 6.92. The lowest BCUT2D eigenvalue weighted by molar-refractivity contribution is -0.216. The van der Waals surface area contributed by atoms with E-state index in [1.54, 1.807) is 0 Å². The highest BCUT2D eigenvalue weighted by Crippen LogP contribution is 2.49. The number of hydrogen-bond acceptors (Lipinski definition) is 15. The standard InChI is InChI=1S/C47H82O18P2/c1-3-5-7-9-11-12-13-14-15-16-17-18-19-20-21-25-30-34-41(51)63-37(36-62-67(59,60)65-47-44(54)42(52)43(53)46(45(47)55)64-66(56,57)58)35-61-40(50)33-29-26-22-24-28-32-39(49)38(48)31-27-23-10-8-6-4-2/h5,7,11-12,14-15,17-18,23,27,37-39,42-49,52-55H,3-4,6,8-10,13,16,19-22,24-26,28-36H2,1-2H3,(H,59,60)(H2,56,57,58)/b7-5-,12-11-,15-14-,18-17-,27-23-/t37-,38-,39-,42?,43?,44?,45?,46-,47+/m1/s1. The van der Waals surface area contributed by atoms with E-state index in [4.69, 9.17) is 18.5 Å². The molecule has 18 nitrogen and oxygen atoms in total. The zero-order valence-electron chi connectivity index (χ0n) is 39.5. The molecule has 1 saturated carbocycles. The first-order chi connectivity index (χ1) is 31.9. The zero-order valence-corrected chi connectivity index (χ0v) is 41.3. The fourth-order valence-corrected chi connectivity index (χ4v) is 8.46. The van der Waals surface area contributed by atoms with Gasteiger partial charge in [0.1, 0.15) is 43.2 Å². The number of aliphatic hydroxyl groups is 6. The molecule has 0 aliphatic heterocycles. The van der Waals surface area contributed by atoms with Crippen molar-refractivity contribution in [1.82, 2.24) is 0 Å². The van der Waals surface area contributed by atoms with Crippen molar-refractivity contribution in [3.63, 3.8) is 0 Å². The normalized spacial score (nSPS) is 22.9. The largest absolute Gasteiger partial charge is 0.472 e. The Balaban J connectivity index is 2.66. The molecule has 10 atom stereocenters. The number of hydrogen-bond donors (Lipinski definition) is 9. The number of unbranched alkanes of at least 4 members (excludes halogenated alkanes) is 11. The molecule has 0 saturated heterocycles. The number of esters is 2. The summed E-state index contributed by atoms with van der Waals surface area (Å²) in [7, 11) is -10.7. The Morgan fingerprint density at radius 1 is 0.552 bits per heavy atom. The molecule has 0 bridgehead atoms. The summed E-state index contributed by atoms with van der Waals surface area (Å²) in [4.78, 5) is 54.3. The number of phosphoric ester groups is 2. The first-order valence-corrected chi connectivity index (χ1v) is 27.0. The van der Waals surface area contributed by atoms with Crippen molar-refractivity contribution in [2.75, 3.05) is 13.2 Å². The van der Waals surface area contributed by atoms with Crippen molar-refractivity contribution in [3.8, 4) is 0 Å². The van der Waals surface area contributed by atoms with Crippen molar-refractivity contribution in [1.29, 1.82) is 0 Å². The number of ether oxygens (including phenoxy) is 2. The summed E-state index contributed by atoms with van der Waals surface area (Å²) in [5.74, 6) is -1.35. The Morgan fingerprint density at radius 3 is 1.66 bits per heavy atom. The lowest BCUT2D eigenvalue weighted by Crippen LogP contribution is -2.64. The molecule has 0 heterocycles. The molecule has 0 amide bonds. The van der Waals surface area contributed by atoms with Crippen molar-refractivity contribution in [3.05, 3.63) is 60.8 Å². The van der Waals surface area contributed by atoms with Crippen LogP contribution in [0.5, 0.6) is 0 Å². The van der Waals surface area contributed by atoms with E-state index in [9.17, 15) is 64.0 Å². The lowest BCUT2D eigenvalue weighted by Gasteiger charge is -2.43. The molecule has 0 spiro atoms. The monoisotopic (exact) mass is 996 g/mol. The predicted octanol–water partition coefficient (Wildman–Crippen LogP) is 7.00. The Hall–Kier alpha value is -2.38. The van der Waals surface area contributed by atoms with E-state index < -0.39 is 95.7 Å². The molecule has 0 radical (unpaired) electrons. The molecule has 67 heavy (non-hydrogen) atoms. The molecule has 5 unspecified atom stereocenters. The molecule has 1 aliphatic carbocycles. The second kappa shape index (κ2) is 37.4. The maximum absolute atomic E-state index is 13.0. The van der Waals surface area contributed by atoms with Gasteiger partial charge in [0.2, 0.25) is 0 Å². The number of carbonyl (C=O) groups excluding carboxylic acids is 2. The number of rotatable bonds is 39. The van der Waals surface area contributed by atoms with Crippen molar-refractivity contribution in [2.24, 2.45) is 0 Å². The Labute approximate surface area is 397 Å². The van der Waals surface area contributed by atoms with Crippen LogP contribution in [0.15, 0.2) is 60.8 Å². The van der Waals surface area contributed by atoms with Gasteiger partial charge in [0, 0.05) is 12.8 Å². The number of allylic oxidation sites excluding steroid dienone is 9. The number of phosphoric acid groups is 2. The maximum Gasteiger partial charge on any atom is 0.472 e. The third kappa shape index (κ3) is 31.5. The molecular formula is C47H82O18P2. The van der Waals surface area contributed by atoms with E-state index in [0.717, 1.165) is 89.9 Å². The van der Waals surface area contributed by atoms with E-state index in [1.165, 1.54) is 0 Å². The summed E-state index contributed by atoms with van der Waals surface area (Å²) in [6.45, 7) is 2.78. The van der Waals surface area contributed by atoms with E-state index in [-0.39, 0.29) is 12.8 Å². The van der Waals surface area contributed by atoms with Gasteiger partial charge in [0.05, 0.1) is 18.8 Å². The van der Waals surface area contributed by atoms with Crippen LogP contribution >= 0.6 is 15.6 Å². The minimum Gasteiger partial charge on any atom is -0.462 e. The topological polar surface area (TPSA) is 296 Å².